The summed E-state index contributed by atoms with van der Waals surface area (Å²) in [6, 6.07) is 11.9. The van der Waals surface area contributed by atoms with Crippen molar-refractivity contribution >= 4 is 28.2 Å². The molecule has 5 N–H and O–H groups in total. The number of hydrogen-bond donors (Lipinski definition) is 4. The number of amides is 1. The van der Waals surface area contributed by atoms with Gasteiger partial charge in [-0.2, -0.15) is 0 Å². The van der Waals surface area contributed by atoms with Gasteiger partial charge in [-0.05, 0) is 37.0 Å². The van der Waals surface area contributed by atoms with Crippen molar-refractivity contribution in [1.82, 2.24) is 10.3 Å². The van der Waals surface area contributed by atoms with Gasteiger partial charge in [-0.25, -0.2) is 0 Å². The Kier molecular flexibility index (Phi) is 6.96. The van der Waals surface area contributed by atoms with Crippen LogP contribution in [0.25, 0.3) is 10.9 Å². The number of primary amides is 1. The summed E-state index contributed by atoms with van der Waals surface area (Å²) in [6.45, 7) is 2.64. The lowest BCUT2D eigenvalue weighted by Crippen LogP contribution is -2.32. The third-order valence-electron chi connectivity index (χ3n) is 5.73. The van der Waals surface area contributed by atoms with Gasteiger partial charge in [-0.1, -0.05) is 25.1 Å². The standard InChI is InChI=1S/C25H30N4O4/c1-3-15-6-4-5-7-20(15)29-24-18-10-23(33-14-17(30)12-27-16-8-9-16)22(32-2)11-21(18)28-13-19(24)25(26)31/h4-7,10-11,13,16-17,27,30H,3,8-9,12,14H2,1-2H3,(H2,26,31)(H,28,29). The van der Waals surface area contributed by atoms with E-state index in [9.17, 15) is 9.90 Å². The van der Waals surface area contributed by atoms with E-state index in [2.05, 4.69) is 22.5 Å². The SMILES string of the molecule is CCc1ccccc1Nc1c(C(N)=O)cnc2cc(OC)c(OCC(O)CNC3CC3)cc12. The molecule has 1 aliphatic rings. The molecule has 0 spiro atoms. The number of nitrogens with two attached hydrogens (primary N) is 1. The Balaban J connectivity index is 1.70. The largest absolute Gasteiger partial charge is 0.493 e. The zero-order chi connectivity index (χ0) is 23.4. The number of aliphatic hydroxyl groups excluding tert-OH is 1. The number of carbonyl (C=O) groups excluding carboxylic acids is 1. The lowest BCUT2D eigenvalue weighted by Gasteiger charge is -2.18. The van der Waals surface area contributed by atoms with E-state index >= 15 is 0 Å². The number of aromatic nitrogens is 1. The lowest BCUT2D eigenvalue weighted by molar-refractivity contribution is 0.100. The minimum absolute atomic E-state index is 0.103. The van der Waals surface area contributed by atoms with E-state index in [0.29, 0.717) is 40.7 Å². The van der Waals surface area contributed by atoms with Crippen LogP contribution < -0.4 is 25.8 Å². The van der Waals surface area contributed by atoms with E-state index in [1.807, 2.05) is 24.3 Å². The predicted octanol–water partition coefficient (Wildman–Crippen LogP) is 3.14. The number of para-hydroxylation sites is 1. The molecule has 4 rings (SSSR count). The van der Waals surface area contributed by atoms with Crippen LogP contribution in [0.5, 0.6) is 11.5 Å². The lowest BCUT2D eigenvalue weighted by atomic mass is 10.1. The Labute approximate surface area is 193 Å². The van der Waals surface area contributed by atoms with E-state index in [1.165, 1.54) is 6.20 Å². The van der Waals surface area contributed by atoms with E-state index in [4.69, 9.17) is 15.2 Å². The highest BCUT2D eigenvalue weighted by molar-refractivity contribution is 6.08. The maximum Gasteiger partial charge on any atom is 0.252 e. The molecule has 8 nitrogen and oxygen atoms in total. The van der Waals surface area contributed by atoms with Crippen molar-refractivity contribution in [1.29, 1.82) is 0 Å². The van der Waals surface area contributed by atoms with Gasteiger partial charge < -0.3 is 30.9 Å². The maximum atomic E-state index is 12.2. The first-order chi connectivity index (χ1) is 16.0. The second-order valence-electron chi connectivity index (χ2n) is 8.21. The minimum Gasteiger partial charge on any atom is -0.493 e. The predicted molar refractivity (Wildman–Crippen MR) is 128 cm³/mol. The number of methoxy groups -OCH3 is 1. The van der Waals surface area contributed by atoms with Crippen molar-refractivity contribution in [3.05, 3.63) is 53.7 Å². The molecule has 8 heteroatoms. The second-order valence-corrected chi connectivity index (χ2v) is 8.21. The summed E-state index contributed by atoms with van der Waals surface area (Å²) < 4.78 is 11.4. The first-order valence-electron chi connectivity index (χ1n) is 11.2. The third kappa shape index (κ3) is 5.35. The molecule has 33 heavy (non-hydrogen) atoms. The summed E-state index contributed by atoms with van der Waals surface area (Å²) in [5.74, 6) is 0.357. The van der Waals surface area contributed by atoms with Crippen LogP contribution in [-0.2, 0) is 6.42 Å². The van der Waals surface area contributed by atoms with Crippen molar-refractivity contribution in [2.45, 2.75) is 38.3 Å². The molecule has 174 valence electrons. The number of carbonyl (C=O) groups is 1. The van der Waals surface area contributed by atoms with Crippen LogP contribution in [0.3, 0.4) is 0 Å². The van der Waals surface area contributed by atoms with Gasteiger partial charge in [0.2, 0.25) is 0 Å². The number of rotatable bonds is 11. The Bertz CT molecular complexity index is 1150. The van der Waals surface area contributed by atoms with Gasteiger partial charge in [0, 0.05) is 35.9 Å². The van der Waals surface area contributed by atoms with Crippen molar-refractivity contribution in [3.8, 4) is 11.5 Å². The van der Waals surface area contributed by atoms with Gasteiger partial charge in [0.25, 0.3) is 5.91 Å². The van der Waals surface area contributed by atoms with Gasteiger partial charge in [0.05, 0.1) is 23.9 Å². The summed E-state index contributed by atoms with van der Waals surface area (Å²) in [6.07, 6.45) is 3.94. The van der Waals surface area contributed by atoms with E-state index in [0.717, 1.165) is 30.5 Å². The zero-order valence-corrected chi connectivity index (χ0v) is 18.9. The van der Waals surface area contributed by atoms with Crippen LogP contribution in [0.4, 0.5) is 11.4 Å². The van der Waals surface area contributed by atoms with Crippen LogP contribution >= 0.6 is 0 Å². The third-order valence-corrected chi connectivity index (χ3v) is 5.73. The van der Waals surface area contributed by atoms with Gasteiger partial charge in [-0.15, -0.1) is 0 Å². The molecular weight excluding hydrogens is 420 g/mol. The average Bonchev–Trinajstić information content (AvgIpc) is 3.65. The highest BCUT2D eigenvalue weighted by atomic mass is 16.5. The normalized spacial score (nSPS) is 14.2. The molecule has 1 fully saturated rings. The van der Waals surface area contributed by atoms with Crippen molar-refractivity contribution in [2.24, 2.45) is 5.73 Å². The van der Waals surface area contributed by atoms with Gasteiger partial charge in [0.15, 0.2) is 11.5 Å². The van der Waals surface area contributed by atoms with Gasteiger partial charge in [-0.3, -0.25) is 9.78 Å². The number of nitrogens with one attached hydrogen (secondary N) is 2. The highest BCUT2D eigenvalue weighted by Gasteiger charge is 2.22. The van der Waals surface area contributed by atoms with Crippen molar-refractivity contribution < 1.29 is 19.4 Å². The number of benzene rings is 2. The quantitative estimate of drug-likeness (QED) is 0.354. The Hall–Kier alpha value is -3.36. The summed E-state index contributed by atoms with van der Waals surface area (Å²) in [4.78, 5) is 16.6. The number of fused-ring (bicyclic) bond motifs is 1. The molecule has 1 aliphatic carbocycles. The van der Waals surface area contributed by atoms with Gasteiger partial charge >= 0.3 is 0 Å². The molecule has 1 atom stereocenters. The first kappa shape index (κ1) is 22.8. The molecule has 1 unspecified atom stereocenters. The van der Waals surface area contributed by atoms with E-state index in [1.54, 1.807) is 19.2 Å². The zero-order valence-electron chi connectivity index (χ0n) is 18.9. The number of hydrogen-bond acceptors (Lipinski definition) is 7. The Morgan fingerprint density at radius 3 is 2.76 bits per heavy atom. The fraction of sp³-hybridized carbons (Fsp3) is 0.360. The number of nitrogens with zero attached hydrogens (tertiary/aromatic N) is 1. The molecule has 0 radical (unpaired) electrons. The van der Waals surface area contributed by atoms with Gasteiger partial charge in [0.1, 0.15) is 12.7 Å². The Morgan fingerprint density at radius 1 is 1.27 bits per heavy atom. The second kappa shape index (κ2) is 10.1. The number of anilines is 2. The maximum absolute atomic E-state index is 12.2. The molecule has 0 saturated heterocycles. The fourth-order valence-corrected chi connectivity index (χ4v) is 3.71. The van der Waals surface area contributed by atoms with E-state index in [-0.39, 0.29) is 12.2 Å². The number of ether oxygens (including phenoxy) is 2. The fourth-order valence-electron chi connectivity index (χ4n) is 3.71. The molecule has 1 saturated carbocycles. The summed E-state index contributed by atoms with van der Waals surface area (Å²) >= 11 is 0. The number of pyridine rings is 1. The molecular formula is C25H30N4O4. The molecule has 0 bridgehead atoms. The van der Waals surface area contributed by atoms with E-state index < -0.39 is 12.0 Å². The van der Waals surface area contributed by atoms with Crippen molar-refractivity contribution in [3.63, 3.8) is 0 Å². The van der Waals surface area contributed by atoms with Crippen LogP contribution in [0.15, 0.2) is 42.6 Å². The topological polar surface area (TPSA) is 119 Å². The summed E-state index contributed by atoms with van der Waals surface area (Å²) in [7, 11) is 1.55. The molecule has 2 aromatic carbocycles. The van der Waals surface area contributed by atoms with Crippen LogP contribution in [0.1, 0.15) is 35.7 Å². The number of aryl methyl sites for hydroxylation is 1. The average molecular weight is 451 g/mol. The van der Waals surface area contributed by atoms with Crippen LogP contribution in [-0.4, -0.2) is 48.4 Å². The molecule has 1 aromatic heterocycles. The number of aliphatic hydroxyl groups is 1. The van der Waals surface area contributed by atoms with Crippen LogP contribution in [0, 0.1) is 0 Å². The van der Waals surface area contributed by atoms with Crippen LogP contribution in [0.2, 0.25) is 0 Å². The minimum atomic E-state index is -0.657. The summed E-state index contributed by atoms with van der Waals surface area (Å²) in [5.41, 5.74) is 9.11. The summed E-state index contributed by atoms with van der Waals surface area (Å²) in [5, 5.41) is 17.6. The first-order valence-corrected chi connectivity index (χ1v) is 11.2. The Morgan fingerprint density at radius 2 is 2.06 bits per heavy atom. The molecule has 1 heterocycles. The monoisotopic (exact) mass is 450 g/mol. The molecule has 0 aliphatic heterocycles. The molecule has 3 aromatic rings. The smallest absolute Gasteiger partial charge is 0.252 e. The van der Waals surface area contributed by atoms with Crippen molar-refractivity contribution in [2.75, 3.05) is 25.6 Å². The molecule has 1 amide bonds. The highest BCUT2D eigenvalue weighted by Crippen LogP contribution is 2.37.